The van der Waals surface area contributed by atoms with Crippen molar-refractivity contribution in [3.63, 3.8) is 0 Å². The molecule has 0 fully saturated rings. The third-order valence-corrected chi connectivity index (χ3v) is 5.07. The molecule has 21 heavy (non-hydrogen) atoms. The molecule has 2 aromatic heterocycles. The fourth-order valence-corrected chi connectivity index (χ4v) is 3.44. The van der Waals surface area contributed by atoms with Crippen molar-refractivity contribution < 1.29 is 9.90 Å². The first-order chi connectivity index (χ1) is 10.1. The molecule has 6 heteroatoms. The van der Waals surface area contributed by atoms with Gasteiger partial charge in [-0.15, -0.1) is 22.7 Å². The summed E-state index contributed by atoms with van der Waals surface area (Å²) < 4.78 is 0. The van der Waals surface area contributed by atoms with E-state index in [1.807, 2.05) is 19.2 Å². The van der Waals surface area contributed by atoms with Crippen LogP contribution < -0.4 is 5.32 Å². The van der Waals surface area contributed by atoms with Gasteiger partial charge in [0.2, 0.25) is 0 Å². The van der Waals surface area contributed by atoms with Gasteiger partial charge in [-0.3, -0.25) is 4.79 Å². The summed E-state index contributed by atoms with van der Waals surface area (Å²) in [5.41, 5.74) is 0.952. The lowest BCUT2D eigenvalue weighted by Crippen LogP contribution is -2.21. The first-order valence-electron chi connectivity index (χ1n) is 6.56. The zero-order valence-electron chi connectivity index (χ0n) is 11.9. The van der Waals surface area contributed by atoms with Crippen molar-refractivity contribution in [2.24, 2.45) is 0 Å². The lowest BCUT2D eigenvalue weighted by molar-refractivity contribution is 0.0955. The largest absolute Gasteiger partial charge is 0.384 e. The summed E-state index contributed by atoms with van der Waals surface area (Å²) in [6.07, 6.45) is 2.81. The van der Waals surface area contributed by atoms with Crippen LogP contribution in [0.25, 0.3) is 0 Å². The Morgan fingerprint density at radius 2 is 2.29 bits per heavy atom. The van der Waals surface area contributed by atoms with E-state index in [0.29, 0.717) is 11.4 Å². The van der Waals surface area contributed by atoms with Gasteiger partial charge in [0.25, 0.3) is 5.91 Å². The molecule has 2 aromatic rings. The molecule has 0 saturated heterocycles. The van der Waals surface area contributed by atoms with E-state index in [4.69, 9.17) is 5.11 Å². The average Bonchev–Trinajstić information content (AvgIpc) is 3.09. The minimum atomic E-state index is -0.178. The van der Waals surface area contributed by atoms with Crippen molar-refractivity contribution in [1.82, 2.24) is 10.3 Å². The molecular formula is C15H16N2O2S2. The Hall–Kier alpha value is -1.68. The quantitative estimate of drug-likeness (QED) is 0.850. The molecule has 2 N–H and O–H groups in total. The van der Waals surface area contributed by atoms with Crippen molar-refractivity contribution in [1.29, 1.82) is 0 Å². The van der Waals surface area contributed by atoms with Crippen LogP contribution in [0.5, 0.6) is 0 Å². The number of rotatable bonds is 4. The number of thiazole rings is 1. The second-order valence-corrected chi connectivity index (χ2v) is 6.59. The zero-order valence-corrected chi connectivity index (χ0v) is 13.5. The highest BCUT2D eigenvalue weighted by Crippen LogP contribution is 2.21. The fourth-order valence-electron chi connectivity index (χ4n) is 1.67. The smallest absolute Gasteiger partial charge is 0.261 e. The minimum absolute atomic E-state index is 0.117. The predicted molar refractivity (Wildman–Crippen MR) is 85.7 cm³/mol. The number of aromatic nitrogens is 1. The van der Waals surface area contributed by atoms with Crippen LogP contribution >= 0.6 is 22.7 Å². The Kier molecular flexibility index (Phi) is 5.51. The Morgan fingerprint density at radius 3 is 2.95 bits per heavy atom. The van der Waals surface area contributed by atoms with E-state index < -0.39 is 0 Å². The van der Waals surface area contributed by atoms with Gasteiger partial charge in [-0.2, -0.15) is 0 Å². The third-order valence-electron chi connectivity index (χ3n) is 2.77. The Bertz CT molecular complexity index is 692. The maximum absolute atomic E-state index is 12.1. The second kappa shape index (κ2) is 7.36. The molecule has 0 saturated carbocycles. The molecule has 0 unspecified atom stereocenters. The minimum Gasteiger partial charge on any atom is -0.384 e. The van der Waals surface area contributed by atoms with Gasteiger partial charge in [0.1, 0.15) is 11.6 Å². The number of carbonyl (C=O) groups excluding carboxylic acids is 1. The predicted octanol–water partition coefficient (Wildman–Crippen LogP) is 2.35. The molecule has 0 aliphatic rings. The molecule has 0 spiro atoms. The molecule has 1 amide bonds. The lowest BCUT2D eigenvalue weighted by atomic mass is 10.2. The maximum atomic E-state index is 12.1. The lowest BCUT2D eigenvalue weighted by Gasteiger charge is -1.99. The molecule has 2 heterocycles. The average molecular weight is 320 g/mol. The van der Waals surface area contributed by atoms with E-state index in [1.165, 1.54) is 16.2 Å². The number of carbonyl (C=O) groups is 1. The molecule has 0 atom stereocenters. The number of aliphatic hydroxyl groups excluding tert-OH is 1. The molecule has 0 bridgehead atoms. The summed E-state index contributed by atoms with van der Waals surface area (Å²) in [6, 6.07) is 1.82. The summed E-state index contributed by atoms with van der Waals surface area (Å²) in [4.78, 5) is 19.0. The van der Waals surface area contributed by atoms with Crippen LogP contribution in [-0.2, 0) is 13.0 Å². The SMILES string of the molecule is CCc1cnc(CNC(=O)c2cc(C)c(C#CCO)s2)s1. The van der Waals surface area contributed by atoms with Crippen molar-refractivity contribution in [3.05, 3.63) is 37.5 Å². The van der Waals surface area contributed by atoms with E-state index in [0.717, 1.165) is 21.9 Å². The Balaban J connectivity index is 2.00. The van der Waals surface area contributed by atoms with Crippen molar-refractivity contribution >= 4 is 28.6 Å². The van der Waals surface area contributed by atoms with E-state index in [1.54, 1.807) is 11.3 Å². The first-order valence-corrected chi connectivity index (χ1v) is 8.19. The molecule has 110 valence electrons. The normalized spacial score (nSPS) is 10.0. The van der Waals surface area contributed by atoms with E-state index in [-0.39, 0.29) is 12.5 Å². The Labute approximate surface area is 131 Å². The summed E-state index contributed by atoms with van der Waals surface area (Å²) in [5.74, 6) is 5.33. The highest BCUT2D eigenvalue weighted by molar-refractivity contribution is 7.14. The summed E-state index contributed by atoms with van der Waals surface area (Å²) in [5, 5.41) is 12.5. The molecule has 0 aromatic carbocycles. The zero-order chi connectivity index (χ0) is 15.2. The van der Waals surface area contributed by atoms with Crippen LogP contribution in [0.2, 0.25) is 0 Å². The number of thiophene rings is 1. The highest BCUT2D eigenvalue weighted by Gasteiger charge is 2.12. The van der Waals surface area contributed by atoms with E-state index in [9.17, 15) is 4.79 Å². The van der Waals surface area contributed by atoms with Gasteiger partial charge in [0.05, 0.1) is 16.3 Å². The van der Waals surface area contributed by atoms with Crippen LogP contribution in [0.4, 0.5) is 0 Å². The number of aliphatic hydroxyl groups is 1. The molecular weight excluding hydrogens is 304 g/mol. The van der Waals surface area contributed by atoms with Crippen LogP contribution in [0.15, 0.2) is 12.3 Å². The summed E-state index contributed by atoms with van der Waals surface area (Å²) in [6.45, 7) is 4.25. The van der Waals surface area contributed by atoms with Crippen LogP contribution in [-0.4, -0.2) is 22.6 Å². The van der Waals surface area contributed by atoms with Crippen molar-refractivity contribution in [2.45, 2.75) is 26.8 Å². The van der Waals surface area contributed by atoms with E-state index >= 15 is 0 Å². The van der Waals surface area contributed by atoms with Gasteiger partial charge in [0.15, 0.2) is 0 Å². The van der Waals surface area contributed by atoms with Crippen molar-refractivity contribution in [3.8, 4) is 11.8 Å². The fraction of sp³-hybridized carbons (Fsp3) is 0.333. The topological polar surface area (TPSA) is 62.2 Å². The van der Waals surface area contributed by atoms with Gasteiger partial charge < -0.3 is 10.4 Å². The van der Waals surface area contributed by atoms with Crippen LogP contribution in [0.1, 0.15) is 36.9 Å². The van der Waals surface area contributed by atoms with Gasteiger partial charge in [-0.25, -0.2) is 4.98 Å². The first kappa shape index (κ1) is 15.7. The number of amides is 1. The highest BCUT2D eigenvalue weighted by atomic mass is 32.1. The van der Waals surface area contributed by atoms with Gasteiger partial charge >= 0.3 is 0 Å². The molecule has 0 aliphatic heterocycles. The monoisotopic (exact) mass is 320 g/mol. The molecule has 2 rings (SSSR count). The summed E-state index contributed by atoms with van der Waals surface area (Å²) in [7, 11) is 0. The van der Waals surface area contributed by atoms with Crippen molar-refractivity contribution in [2.75, 3.05) is 6.61 Å². The van der Waals surface area contributed by atoms with Crippen LogP contribution in [0, 0.1) is 18.8 Å². The number of nitrogens with one attached hydrogen (secondary N) is 1. The molecule has 0 aliphatic carbocycles. The van der Waals surface area contributed by atoms with Gasteiger partial charge in [-0.05, 0) is 25.0 Å². The maximum Gasteiger partial charge on any atom is 0.261 e. The third kappa shape index (κ3) is 4.14. The Morgan fingerprint density at radius 1 is 1.48 bits per heavy atom. The number of hydrogen-bond donors (Lipinski definition) is 2. The standard InChI is InChI=1S/C15H16N2O2S2/c1-3-11-8-16-14(20-11)9-17-15(19)13-7-10(2)12(21-13)5-4-6-18/h7-8,18H,3,6,9H2,1-2H3,(H,17,19). The number of hydrogen-bond acceptors (Lipinski definition) is 5. The number of nitrogens with zero attached hydrogens (tertiary/aromatic N) is 1. The number of aryl methyl sites for hydroxylation is 2. The van der Waals surface area contributed by atoms with E-state index in [2.05, 4.69) is 29.1 Å². The second-order valence-electron chi connectivity index (χ2n) is 4.34. The van der Waals surface area contributed by atoms with Crippen LogP contribution in [0.3, 0.4) is 0 Å². The molecule has 0 radical (unpaired) electrons. The summed E-state index contributed by atoms with van der Waals surface area (Å²) >= 11 is 2.96. The van der Waals surface area contributed by atoms with Gasteiger partial charge in [-0.1, -0.05) is 18.8 Å². The molecule has 4 nitrogen and oxygen atoms in total. The van der Waals surface area contributed by atoms with Gasteiger partial charge in [0, 0.05) is 11.1 Å².